The lowest BCUT2D eigenvalue weighted by Crippen LogP contribution is -2.55. The lowest BCUT2D eigenvalue weighted by molar-refractivity contribution is -0.125. The molecule has 8 nitrogen and oxygen atoms in total. The summed E-state index contributed by atoms with van der Waals surface area (Å²) in [5.41, 5.74) is -0.468. The Morgan fingerprint density at radius 3 is 2.77 bits per heavy atom. The standard InChI is InChI=1S/C13H16N4O4S/c1-21-6-9-14-8(7-22-9)10(18)17-4-2-13(3-5-17)11(19)15-12(20)16-13/h7H,2-6H2,1H3,(H2,15,16,19,20). The molecule has 2 aliphatic heterocycles. The lowest BCUT2D eigenvalue weighted by atomic mass is 9.87. The van der Waals surface area contributed by atoms with Gasteiger partial charge in [0.1, 0.15) is 16.2 Å². The Morgan fingerprint density at radius 2 is 2.18 bits per heavy atom. The molecule has 0 aromatic carbocycles. The minimum atomic E-state index is -0.864. The number of aromatic nitrogens is 1. The Hall–Kier alpha value is -2.00. The third-order valence-corrected chi connectivity index (χ3v) is 4.78. The summed E-state index contributed by atoms with van der Waals surface area (Å²) in [7, 11) is 1.58. The van der Waals surface area contributed by atoms with Gasteiger partial charge in [-0.1, -0.05) is 0 Å². The first-order valence-electron chi connectivity index (χ1n) is 6.90. The van der Waals surface area contributed by atoms with E-state index in [0.29, 0.717) is 38.2 Å². The van der Waals surface area contributed by atoms with Crippen molar-refractivity contribution in [2.75, 3.05) is 20.2 Å². The second-order valence-corrected chi connectivity index (χ2v) is 6.28. The molecule has 2 N–H and O–H groups in total. The zero-order valence-corrected chi connectivity index (χ0v) is 12.9. The minimum absolute atomic E-state index is 0.154. The molecule has 3 rings (SSSR count). The summed E-state index contributed by atoms with van der Waals surface area (Å²) in [4.78, 5) is 41.5. The third-order valence-electron chi connectivity index (χ3n) is 3.96. The van der Waals surface area contributed by atoms with E-state index in [-0.39, 0.29) is 11.8 Å². The molecular formula is C13H16N4O4S. The molecule has 2 saturated heterocycles. The van der Waals surface area contributed by atoms with Gasteiger partial charge < -0.3 is 15.0 Å². The van der Waals surface area contributed by atoms with Gasteiger partial charge in [0.05, 0.1) is 6.61 Å². The van der Waals surface area contributed by atoms with Gasteiger partial charge in [-0.25, -0.2) is 9.78 Å². The highest BCUT2D eigenvalue weighted by Crippen LogP contribution is 2.26. The van der Waals surface area contributed by atoms with Crippen LogP contribution in [0.25, 0.3) is 0 Å². The fourth-order valence-corrected chi connectivity index (χ4v) is 3.47. The Balaban J connectivity index is 1.64. The van der Waals surface area contributed by atoms with Crippen LogP contribution in [-0.2, 0) is 16.1 Å². The quantitative estimate of drug-likeness (QED) is 0.768. The first kappa shape index (κ1) is 14.9. The van der Waals surface area contributed by atoms with Gasteiger partial charge in [0, 0.05) is 25.6 Å². The van der Waals surface area contributed by atoms with Crippen LogP contribution in [0, 0.1) is 0 Å². The molecule has 0 aliphatic carbocycles. The van der Waals surface area contributed by atoms with Crippen molar-refractivity contribution in [1.29, 1.82) is 0 Å². The maximum atomic E-state index is 12.4. The number of ether oxygens (including phenoxy) is 1. The molecule has 2 fully saturated rings. The van der Waals surface area contributed by atoms with Gasteiger partial charge in [0.15, 0.2) is 0 Å². The van der Waals surface area contributed by atoms with Crippen LogP contribution in [0.5, 0.6) is 0 Å². The van der Waals surface area contributed by atoms with Gasteiger partial charge in [-0.2, -0.15) is 0 Å². The van der Waals surface area contributed by atoms with Crippen molar-refractivity contribution in [3.05, 3.63) is 16.1 Å². The summed E-state index contributed by atoms with van der Waals surface area (Å²) in [5.74, 6) is -0.459. The Labute approximate surface area is 130 Å². The Kier molecular flexibility index (Phi) is 3.83. The third kappa shape index (κ3) is 2.57. The largest absolute Gasteiger partial charge is 0.378 e. The average molecular weight is 324 g/mol. The number of rotatable bonds is 3. The molecule has 0 saturated carbocycles. The van der Waals surface area contributed by atoms with Crippen molar-refractivity contribution in [3.63, 3.8) is 0 Å². The van der Waals surface area contributed by atoms with Crippen molar-refractivity contribution in [2.24, 2.45) is 0 Å². The van der Waals surface area contributed by atoms with E-state index >= 15 is 0 Å². The maximum Gasteiger partial charge on any atom is 0.322 e. The molecular weight excluding hydrogens is 308 g/mol. The highest BCUT2D eigenvalue weighted by molar-refractivity contribution is 7.09. The van der Waals surface area contributed by atoms with E-state index in [4.69, 9.17) is 4.74 Å². The van der Waals surface area contributed by atoms with Crippen LogP contribution in [0.15, 0.2) is 5.38 Å². The molecule has 0 unspecified atom stereocenters. The van der Waals surface area contributed by atoms with Crippen molar-refractivity contribution in [2.45, 2.75) is 25.0 Å². The number of hydrogen-bond donors (Lipinski definition) is 2. The topological polar surface area (TPSA) is 101 Å². The van der Waals surface area contributed by atoms with E-state index in [0.717, 1.165) is 5.01 Å². The summed E-state index contributed by atoms with van der Waals surface area (Å²) >= 11 is 1.38. The monoisotopic (exact) mass is 324 g/mol. The molecule has 0 atom stereocenters. The van der Waals surface area contributed by atoms with Crippen LogP contribution in [0.2, 0.25) is 0 Å². The van der Waals surface area contributed by atoms with Crippen molar-refractivity contribution < 1.29 is 19.1 Å². The smallest absolute Gasteiger partial charge is 0.322 e. The van der Waals surface area contributed by atoms with Crippen LogP contribution in [0.3, 0.4) is 0 Å². The fraction of sp³-hybridized carbons (Fsp3) is 0.538. The van der Waals surface area contributed by atoms with Crippen LogP contribution in [0.4, 0.5) is 4.79 Å². The second-order valence-electron chi connectivity index (χ2n) is 5.34. The summed E-state index contributed by atoms with van der Waals surface area (Å²) < 4.78 is 4.99. The number of nitrogens with zero attached hydrogens (tertiary/aromatic N) is 2. The van der Waals surface area contributed by atoms with E-state index in [1.54, 1.807) is 17.4 Å². The first-order chi connectivity index (χ1) is 10.5. The van der Waals surface area contributed by atoms with Crippen molar-refractivity contribution in [1.82, 2.24) is 20.5 Å². The Morgan fingerprint density at radius 1 is 1.45 bits per heavy atom. The number of carbonyl (C=O) groups is 3. The zero-order valence-electron chi connectivity index (χ0n) is 12.0. The molecule has 1 spiro atoms. The molecule has 9 heteroatoms. The summed E-state index contributed by atoms with van der Waals surface area (Å²) in [6.45, 7) is 1.20. The van der Waals surface area contributed by atoms with Gasteiger partial charge in [0.2, 0.25) is 0 Å². The van der Waals surface area contributed by atoms with Gasteiger partial charge >= 0.3 is 6.03 Å². The number of methoxy groups -OCH3 is 1. The molecule has 1 aromatic heterocycles. The van der Waals surface area contributed by atoms with E-state index in [9.17, 15) is 14.4 Å². The second kappa shape index (κ2) is 5.65. The normalized spacial score (nSPS) is 20.1. The number of imide groups is 1. The molecule has 2 aliphatic rings. The predicted molar refractivity (Wildman–Crippen MR) is 77.4 cm³/mol. The molecule has 4 amide bonds. The van der Waals surface area contributed by atoms with Gasteiger partial charge in [0.25, 0.3) is 11.8 Å². The SMILES string of the molecule is COCc1nc(C(=O)N2CCC3(CC2)NC(=O)NC3=O)cs1. The van der Waals surface area contributed by atoms with Crippen LogP contribution < -0.4 is 10.6 Å². The first-order valence-corrected chi connectivity index (χ1v) is 7.78. The number of piperidine rings is 1. The minimum Gasteiger partial charge on any atom is -0.378 e. The number of likely N-dealkylation sites (tertiary alicyclic amines) is 1. The van der Waals surface area contributed by atoms with E-state index in [2.05, 4.69) is 15.6 Å². The molecule has 22 heavy (non-hydrogen) atoms. The number of thiazole rings is 1. The average Bonchev–Trinajstić information content (AvgIpc) is 3.05. The highest BCUT2D eigenvalue weighted by atomic mass is 32.1. The molecule has 0 radical (unpaired) electrons. The van der Waals surface area contributed by atoms with Gasteiger partial charge in [-0.15, -0.1) is 11.3 Å². The number of nitrogens with one attached hydrogen (secondary N) is 2. The van der Waals surface area contributed by atoms with E-state index < -0.39 is 11.6 Å². The zero-order chi connectivity index (χ0) is 15.7. The summed E-state index contributed by atoms with van der Waals surface area (Å²) in [6.07, 6.45) is 0.816. The van der Waals surface area contributed by atoms with E-state index in [1.165, 1.54) is 11.3 Å². The lowest BCUT2D eigenvalue weighted by Gasteiger charge is -2.36. The van der Waals surface area contributed by atoms with Crippen LogP contribution in [0.1, 0.15) is 28.3 Å². The summed E-state index contributed by atoms with van der Waals surface area (Å²) in [5, 5.41) is 7.39. The molecule has 3 heterocycles. The van der Waals surface area contributed by atoms with E-state index in [1.807, 2.05) is 0 Å². The summed E-state index contributed by atoms with van der Waals surface area (Å²) in [6, 6.07) is -0.464. The number of amides is 4. The highest BCUT2D eigenvalue weighted by Gasteiger charge is 2.48. The van der Waals surface area contributed by atoms with Crippen molar-refractivity contribution in [3.8, 4) is 0 Å². The van der Waals surface area contributed by atoms with Gasteiger partial charge in [-0.05, 0) is 12.8 Å². The number of hydrogen-bond acceptors (Lipinski definition) is 6. The van der Waals surface area contributed by atoms with Crippen molar-refractivity contribution >= 4 is 29.2 Å². The fourth-order valence-electron chi connectivity index (χ4n) is 2.73. The predicted octanol–water partition coefficient (Wildman–Crippen LogP) is 0.104. The number of carbonyl (C=O) groups excluding carboxylic acids is 3. The van der Waals surface area contributed by atoms with Gasteiger partial charge in [-0.3, -0.25) is 14.9 Å². The number of urea groups is 1. The molecule has 118 valence electrons. The van der Waals surface area contributed by atoms with Crippen LogP contribution >= 0.6 is 11.3 Å². The maximum absolute atomic E-state index is 12.4. The molecule has 1 aromatic rings. The Bertz CT molecular complexity index is 621. The van der Waals surface area contributed by atoms with Crippen LogP contribution in [-0.4, -0.2) is 53.5 Å². The molecule has 0 bridgehead atoms.